The molecule has 3 amide bonds. The van der Waals surface area contributed by atoms with E-state index in [0.717, 1.165) is 5.56 Å². The molecule has 12 heteroatoms. The van der Waals surface area contributed by atoms with Gasteiger partial charge in [0.1, 0.15) is 23.7 Å². The SMILES string of the molecule is COC[C@H]1NC(=O)CC/C=C\CN(c2c(C)cccc2Cl)C(=O)[C@@H]2N(CCCO)C(=O)[C@H]3[C@H](C(=O)O[C@@H]1c1ccccc1)[C@@H]1C=C[C@]23O1. The number of ether oxygens (including phenoxy) is 3. The molecule has 4 aliphatic heterocycles. The fraction of sp³-hybridized carbons (Fsp3) is 0.444. The average molecular weight is 678 g/mol. The molecule has 1 spiro atoms. The number of anilines is 1. The van der Waals surface area contributed by atoms with E-state index in [1.807, 2.05) is 37.3 Å². The minimum absolute atomic E-state index is 0.0584. The molecular weight excluding hydrogens is 638 g/mol. The third kappa shape index (κ3) is 6.04. The van der Waals surface area contributed by atoms with Gasteiger partial charge in [-0.1, -0.05) is 78.4 Å². The first-order chi connectivity index (χ1) is 23.2. The monoisotopic (exact) mass is 677 g/mol. The van der Waals surface area contributed by atoms with Crippen molar-refractivity contribution in [2.75, 3.05) is 38.3 Å². The summed E-state index contributed by atoms with van der Waals surface area (Å²) in [6.07, 6.45) is 6.05. The standard InChI is InChI=1S/C36H40ClN3O8/c1-22-11-9-14-24(37)30(22)39-18-8-4-7-15-27(42)38-25(21-46-2)31(23-12-5-3-6-13-23)47-35(45)28-26-16-17-36(48-26)29(28)33(43)40(19-10-20-41)32(36)34(39)44/h3-6,8-9,11-14,16-17,25-26,28-29,31-32,41H,7,10,15,18-21H2,1-2H3,(H,38,42)/b8-4-/t25-,26+,28-,29-,31-,32+,36-/m1/s1. The summed E-state index contributed by atoms with van der Waals surface area (Å²) in [7, 11) is 1.50. The first-order valence-electron chi connectivity index (χ1n) is 16.3. The number of esters is 1. The second-order valence-electron chi connectivity index (χ2n) is 12.6. The van der Waals surface area contributed by atoms with Crippen molar-refractivity contribution in [1.82, 2.24) is 10.2 Å². The summed E-state index contributed by atoms with van der Waals surface area (Å²) in [6, 6.07) is 12.5. The number of cyclic esters (lactones) is 1. The van der Waals surface area contributed by atoms with Crippen molar-refractivity contribution >= 4 is 41.0 Å². The molecule has 2 fully saturated rings. The van der Waals surface area contributed by atoms with Gasteiger partial charge >= 0.3 is 5.97 Å². The van der Waals surface area contributed by atoms with Crippen molar-refractivity contribution in [3.8, 4) is 0 Å². The van der Waals surface area contributed by atoms with Gasteiger partial charge in [-0.25, -0.2) is 0 Å². The molecule has 11 nitrogen and oxygen atoms in total. The summed E-state index contributed by atoms with van der Waals surface area (Å²) in [5.74, 6) is -3.94. The van der Waals surface area contributed by atoms with E-state index in [1.165, 1.54) is 16.9 Å². The maximum atomic E-state index is 14.9. The van der Waals surface area contributed by atoms with Crippen LogP contribution in [0.5, 0.6) is 0 Å². The summed E-state index contributed by atoms with van der Waals surface area (Å²) in [5, 5.41) is 13.1. The highest BCUT2D eigenvalue weighted by atomic mass is 35.5. The maximum absolute atomic E-state index is 14.9. The Kier molecular flexibility index (Phi) is 10.0. The number of rotatable bonds is 7. The van der Waals surface area contributed by atoms with Gasteiger partial charge in [0.05, 0.1) is 35.4 Å². The summed E-state index contributed by atoms with van der Waals surface area (Å²) < 4.78 is 18.2. The lowest BCUT2D eigenvalue weighted by Crippen LogP contribution is -2.56. The molecule has 2 saturated heterocycles. The van der Waals surface area contributed by atoms with E-state index in [9.17, 15) is 24.3 Å². The molecule has 4 aliphatic rings. The lowest BCUT2D eigenvalue weighted by molar-refractivity contribution is -0.162. The van der Waals surface area contributed by atoms with E-state index < -0.39 is 59.5 Å². The van der Waals surface area contributed by atoms with Gasteiger partial charge in [0.2, 0.25) is 11.8 Å². The van der Waals surface area contributed by atoms with E-state index in [4.69, 9.17) is 25.8 Å². The van der Waals surface area contributed by atoms with Crippen LogP contribution in [0, 0.1) is 18.8 Å². The van der Waals surface area contributed by atoms with Crippen molar-refractivity contribution in [3.63, 3.8) is 0 Å². The Morgan fingerprint density at radius 1 is 1.06 bits per heavy atom. The number of nitrogens with zero attached hydrogens (tertiary/aromatic N) is 2. The average Bonchev–Trinajstić information content (AvgIpc) is 3.71. The number of carbonyl (C=O) groups excluding carboxylic acids is 4. The van der Waals surface area contributed by atoms with E-state index in [0.29, 0.717) is 22.7 Å². The van der Waals surface area contributed by atoms with Gasteiger partial charge in [-0.3, -0.25) is 19.2 Å². The van der Waals surface area contributed by atoms with Crippen LogP contribution in [0.25, 0.3) is 0 Å². The number of likely N-dealkylation sites (tertiary alicyclic amines) is 1. The van der Waals surface area contributed by atoms with Gasteiger partial charge in [0, 0.05) is 33.2 Å². The second-order valence-corrected chi connectivity index (χ2v) is 13.0. The van der Waals surface area contributed by atoms with E-state index in [1.54, 1.807) is 42.5 Å². The quantitative estimate of drug-likeness (QED) is 0.337. The zero-order valence-corrected chi connectivity index (χ0v) is 27.7. The fourth-order valence-corrected chi connectivity index (χ4v) is 7.83. The molecule has 7 atom stereocenters. The molecule has 4 heterocycles. The van der Waals surface area contributed by atoms with Crippen molar-refractivity contribution in [3.05, 3.63) is 89.0 Å². The van der Waals surface area contributed by atoms with Crippen LogP contribution in [0.2, 0.25) is 5.02 Å². The zero-order chi connectivity index (χ0) is 34.0. The Bertz CT molecular complexity index is 1600. The molecule has 2 aromatic carbocycles. The van der Waals surface area contributed by atoms with Gasteiger partial charge in [0.25, 0.3) is 5.91 Å². The number of carbonyl (C=O) groups is 4. The number of halogens is 1. The number of benzene rings is 2. The van der Waals surface area contributed by atoms with Crippen LogP contribution in [0.15, 0.2) is 72.8 Å². The van der Waals surface area contributed by atoms with Crippen molar-refractivity contribution in [1.29, 1.82) is 0 Å². The number of allylic oxidation sites excluding steroid dienone is 1. The molecule has 48 heavy (non-hydrogen) atoms. The number of amides is 3. The first-order valence-corrected chi connectivity index (χ1v) is 16.6. The van der Waals surface area contributed by atoms with E-state index in [2.05, 4.69) is 5.32 Å². The van der Waals surface area contributed by atoms with Gasteiger partial charge in [-0.15, -0.1) is 0 Å². The third-order valence-electron chi connectivity index (χ3n) is 9.58. The Hall–Kier alpha value is -4.03. The zero-order valence-electron chi connectivity index (χ0n) is 26.9. The number of nitrogens with one attached hydrogen (secondary N) is 1. The van der Waals surface area contributed by atoms with Crippen molar-refractivity contribution < 1.29 is 38.5 Å². The van der Waals surface area contributed by atoms with Crippen LogP contribution in [-0.4, -0.2) is 90.9 Å². The van der Waals surface area contributed by atoms with Crippen molar-refractivity contribution in [2.45, 2.75) is 56.1 Å². The van der Waals surface area contributed by atoms with Gasteiger partial charge in [-0.2, -0.15) is 0 Å². The minimum Gasteiger partial charge on any atom is -0.455 e. The highest BCUT2D eigenvalue weighted by Gasteiger charge is 2.73. The Labute approximate surface area is 284 Å². The largest absolute Gasteiger partial charge is 0.455 e. The molecule has 0 saturated carbocycles. The number of methoxy groups -OCH3 is 1. The van der Waals surface area contributed by atoms with Crippen LogP contribution in [0.3, 0.4) is 0 Å². The third-order valence-corrected chi connectivity index (χ3v) is 9.89. The summed E-state index contributed by atoms with van der Waals surface area (Å²) in [5.41, 5.74) is 0.423. The van der Waals surface area contributed by atoms with Gasteiger partial charge in [0.15, 0.2) is 0 Å². The summed E-state index contributed by atoms with van der Waals surface area (Å²) in [6.45, 7) is 1.88. The molecule has 2 N–H and O–H groups in total. The number of hydrogen-bond donors (Lipinski definition) is 2. The number of para-hydroxylation sites is 1. The highest BCUT2D eigenvalue weighted by Crippen LogP contribution is 2.56. The number of fused-ring (bicyclic) bond motifs is 2. The first kappa shape index (κ1) is 33.9. The van der Waals surface area contributed by atoms with Crippen LogP contribution in [0.4, 0.5) is 5.69 Å². The molecule has 0 radical (unpaired) electrons. The van der Waals surface area contributed by atoms with E-state index in [-0.39, 0.29) is 45.1 Å². The number of aryl methyl sites for hydroxylation is 1. The second kappa shape index (κ2) is 14.2. The fourth-order valence-electron chi connectivity index (χ4n) is 7.51. The van der Waals surface area contributed by atoms with Crippen LogP contribution >= 0.6 is 11.6 Å². The molecule has 0 aliphatic carbocycles. The van der Waals surface area contributed by atoms with Gasteiger partial charge in [-0.05, 0) is 37.0 Å². The molecule has 0 unspecified atom stereocenters. The van der Waals surface area contributed by atoms with Crippen molar-refractivity contribution in [2.24, 2.45) is 11.8 Å². The molecule has 6 rings (SSSR count). The Balaban J connectivity index is 1.47. The Morgan fingerprint density at radius 2 is 1.85 bits per heavy atom. The predicted molar refractivity (Wildman–Crippen MR) is 177 cm³/mol. The highest BCUT2D eigenvalue weighted by molar-refractivity contribution is 6.34. The normalized spacial score (nSPS) is 31.2. The van der Waals surface area contributed by atoms with Crippen LogP contribution in [-0.2, 0) is 33.4 Å². The molecule has 254 valence electrons. The van der Waals surface area contributed by atoms with Gasteiger partial charge < -0.3 is 34.4 Å². The molecule has 5 bridgehead atoms. The number of hydrogen-bond acceptors (Lipinski definition) is 8. The predicted octanol–water partition coefficient (Wildman–Crippen LogP) is 3.28. The Morgan fingerprint density at radius 3 is 2.58 bits per heavy atom. The molecular formula is C36H40ClN3O8. The summed E-state index contributed by atoms with van der Waals surface area (Å²) >= 11 is 6.71. The lowest BCUT2D eigenvalue weighted by Gasteiger charge is -2.36. The van der Waals surface area contributed by atoms with Crippen LogP contribution in [0.1, 0.15) is 36.5 Å². The maximum Gasteiger partial charge on any atom is 0.313 e. The number of aliphatic hydroxyl groups excluding tert-OH is 1. The summed E-state index contributed by atoms with van der Waals surface area (Å²) in [4.78, 5) is 59.8. The van der Waals surface area contributed by atoms with Crippen LogP contribution < -0.4 is 10.2 Å². The minimum atomic E-state index is -1.45. The van der Waals surface area contributed by atoms with E-state index >= 15 is 0 Å². The number of aliphatic hydroxyl groups is 1. The molecule has 2 aromatic rings. The lowest BCUT2D eigenvalue weighted by atomic mass is 9.74. The molecule has 0 aromatic heterocycles. The smallest absolute Gasteiger partial charge is 0.313 e. The topological polar surface area (TPSA) is 135 Å².